The highest BCUT2D eigenvalue weighted by Crippen LogP contribution is 2.34. The molecule has 33 heavy (non-hydrogen) atoms. The SMILES string of the molecule is COC(=O)c1cc(NC(=O)COC(=O)CN2C(=O)[C@H]3CC=CC[C@@H]3C2=O)cc(C(=O)OC)c1. The molecule has 3 amide bonds. The van der Waals surface area contributed by atoms with Crippen LogP contribution >= 0.6 is 0 Å². The van der Waals surface area contributed by atoms with Crippen LogP contribution in [0.2, 0.25) is 0 Å². The van der Waals surface area contributed by atoms with Crippen molar-refractivity contribution in [3.8, 4) is 0 Å². The second kappa shape index (κ2) is 10.1. The summed E-state index contributed by atoms with van der Waals surface area (Å²) in [4.78, 5) is 73.6. The third-order valence-corrected chi connectivity index (χ3v) is 5.31. The van der Waals surface area contributed by atoms with Crippen LogP contribution in [0.5, 0.6) is 0 Å². The van der Waals surface area contributed by atoms with E-state index >= 15 is 0 Å². The van der Waals surface area contributed by atoms with Gasteiger partial charge in [0.25, 0.3) is 5.91 Å². The summed E-state index contributed by atoms with van der Waals surface area (Å²) in [6.07, 6.45) is 4.56. The van der Waals surface area contributed by atoms with E-state index in [-0.39, 0.29) is 16.8 Å². The Bertz CT molecular complexity index is 986. The number of anilines is 1. The second-order valence-electron chi connectivity index (χ2n) is 7.41. The molecule has 1 heterocycles. The number of ether oxygens (including phenoxy) is 3. The lowest BCUT2D eigenvalue weighted by atomic mass is 9.85. The molecule has 11 nitrogen and oxygen atoms in total. The molecule has 0 radical (unpaired) electrons. The van der Waals surface area contributed by atoms with E-state index in [4.69, 9.17) is 4.74 Å². The average molecular weight is 458 g/mol. The zero-order valence-corrected chi connectivity index (χ0v) is 18.0. The molecule has 1 aromatic carbocycles. The summed E-state index contributed by atoms with van der Waals surface area (Å²) in [6.45, 7) is -1.29. The van der Waals surface area contributed by atoms with Gasteiger partial charge in [0, 0.05) is 5.69 Å². The summed E-state index contributed by atoms with van der Waals surface area (Å²) >= 11 is 0. The minimum absolute atomic E-state index is 0.00490. The van der Waals surface area contributed by atoms with Crippen molar-refractivity contribution in [2.45, 2.75) is 12.8 Å². The van der Waals surface area contributed by atoms with Crippen molar-refractivity contribution in [2.75, 3.05) is 32.7 Å². The van der Waals surface area contributed by atoms with E-state index in [1.807, 2.05) is 12.2 Å². The maximum absolute atomic E-state index is 12.4. The summed E-state index contributed by atoms with van der Waals surface area (Å²) in [7, 11) is 2.32. The molecule has 2 aliphatic rings. The number of likely N-dealkylation sites (tertiary alicyclic amines) is 1. The van der Waals surface area contributed by atoms with Crippen molar-refractivity contribution in [3.63, 3.8) is 0 Å². The number of hydrogen-bond donors (Lipinski definition) is 1. The van der Waals surface area contributed by atoms with E-state index < -0.39 is 60.6 Å². The normalized spacial score (nSPS) is 19.0. The average Bonchev–Trinajstić information content (AvgIpc) is 3.06. The number of carbonyl (C=O) groups is 6. The lowest BCUT2D eigenvalue weighted by Gasteiger charge is -2.14. The Labute approximate surface area is 188 Å². The van der Waals surface area contributed by atoms with Crippen LogP contribution in [0, 0.1) is 11.8 Å². The van der Waals surface area contributed by atoms with Gasteiger partial charge in [-0.25, -0.2) is 9.59 Å². The van der Waals surface area contributed by atoms with Gasteiger partial charge < -0.3 is 19.5 Å². The largest absolute Gasteiger partial charge is 0.465 e. The predicted molar refractivity (Wildman–Crippen MR) is 111 cm³/mol. The number of carbonyl (C=O) groups excluding carboxylic acids is 6. The molecule has 0 unspecified atom stereocenters. The summed E-state index contributed by atoms with van der Waals surface area (Å²) in [5, 5.41) is 2.40. The number of imide groups is 1. The van der Waals surface area contributed by atoms with Crippen LogP contribution in [0.25, 0.3) is 0 Å². The summed E-state index contributed by atoms with van der Waals surface area (Å²) in [5.41, 5.74) is 0.0604. The van der Waals surface area contributed by atoms with Crippen LogP contribution in [0.3, 0.4) is 0 Å². The molecule has 1 saturated heterocycles. The van der Waals surface area contributed by atoms with Crippen molar-refractivity contribution in [3.05, 3.63) is 41.5 Å². The Balaban J connectivity index is 1.58. The summed E-state index contributed by atoms with van der Waals surface area (Å²) in [5.74, 6) is -4.95. The van der Waals surface area contributed by atoms with Gasteiger partial charge in [-0.3, -0.25) is 24.1 Å². The third kappa shape index (κ3) is 5.25. The zero-order chi connectivity index (χ0) is 24.1. The first-order valence-corrected chi connectivity index (χ1v) is 10.0. The van der Waals surface area contributed by atoms with Gasteiger partial charge in [-0.2, -0.15) is 0 Å². The Morgan fingerprint density at radius 1 is 0.909 bits per heavy atom. The van der Waals surface area contributed by atoms with Gasteiger partial charge in [-0.1, -0.05) is 12.2 Å². The van der Waals surface area contributed by atoms with Crippen LogP contribution in [0.1, 0.15) is 33.6 Å². The third-order valence-electron chi connectivity index (χ3n) is 5.31. The van der Waals surface area contributed by atoms with Crippen LogP contribution < -0.4 is 5.32 Å². The Hall–Kier alpha value is -4.02. The fourth-order valence-corrected chi connectivity index (χ4v) is 3.71. The monoisotopic (exact) mass is 458 g/mol. The molecule has 174 valence electrons. The van der Waals surface area contributed by atoms with E-state index in [0.717, 1.165) is 19.1 Å². The number of fused-ring (bicyclic) bond motifs is 1. The number of nitrogens with one attached hydrogen (secondary N) is 1. The van der Waals surface area contributed by atoms with Gasteiger partial charge in [0.05, 0.1) is 37.2 Å². The number of methoxy groups -OCH3 is 2. The molecule has 1 aromatic rings. The second-order valence-corrected chi connectivity index (χ2v) is 7.41. The van der Waals surface area contributed by atoms with E-state index in [0.29, 0.717) is 12.8 Å². The number of allylic oxidation sites excluding steroid dienone is 2. The molecule has 0 saturated carbocycles. The zero-order valence-electron chi connectivity index (χ0n) is 18.0. The number of hydrogen-bond acceptors (Lipinski definition) is 9. The van der Waals surface area contributed by atoms with Crippen LogP contribution in [0.15, 0.2) is 30.4 Å². The molecule has 1 aliphatic carbocycles. The van der Waals surface area contributed by atoms with Crippen LogP contribution in [-0.2, 0) is 33.4 Å². The Kier molecular flexibility index (Phi) is 7.21. The molecule has 1 aliphatic heterocycles. The number of esters is 3. The topological polar surface area (TPSA) is 145 Å². The fraction of sp³-hybridized carbons (Fsp3) is 0.364. The lowest BCUT2D eigenvalue weighted by Crippen LogP contribution is -2.37. The highest BCUT2D eigenvalue weighted by Gasteiger charge is 2.47. The number of rotatable bonds is 7. The lowest BCUT2D eigenvalue weighted by molar-refractivity contribution is -0.154. The molecule has 1 N–H and O–H groups in total. The highest BCUT2D eigenvalue weighted by molar-refractivity contribution is 6.07. The van der Waals surface area contributed by atoms with Crippen molar-refractivity contribution in [2.24, 2.45) is 11.8 Å². The summed E-state index contributed by atoms with van der Waals surface area (Å²) < 4.78 is 14.1. The van der Waals surface area contributed by atoms with Gasteiger partial charge in [0.1, 0.15) is 6.54 Å². The fourth-order valence-electron chi connectivity index (χ4n) is 3.71. The van der Waals surface area contributed by atoms with E-state index in [9.17, 15) is 28.8 Å². The standard InChI is InChI=1S/C22H22N2O9/c1-31-21(29)12-7-13(22(30)32-2)9-14(8-12)23-17(25)11-33-18(26)10-24-19(27)15-5-3-4-6-16(15)20(24)28/h3-4,7-9,15-16H,5-6,10-11H2,1-2H3,(H,23,25)/t15-,16-/m0/s1. The molecule has 0 aromatic heterocycles. The predicted octanol–water partition coefficient (Wildman–Crippen LogP) is 0.693. The van der Waals surface area contributed by atoms with Crippen molar-refractivity contribution in [1.29, 1.82) is 0 Å². The Morgan fingerprint density at radius 3 is 1.91 bits per heavy atom. The first kappa shape index (κ1) is 23.6. The molecule has 1 fully saturated rings. The van der Waals surface area contributed by atoms with Crippen molar-refractivity contribution >= 4 is 41.3 Å². The summed E-state index contributed by atoms with van der Waals surface area (Å²) in [6, 6.07) is 3.79. The van der Waals surface area contributed by atoms with E-state index in [1.165, 1.54) is 18.2 Å². The maximum Gasteiger partial charge on any atom is 0.337 e. The first-order valence-electron chi connectivity index (χ1n) is 10.0. The molecule has 0 spiro atoms. The van der Waals surface area contributed by atoms with Gasteiger partial charge in [-0.05, 0) is 31.0 Å². The molecule has 2 atom stereocenters. The minimum Gasteiger partial charge on any atom is -0.465 e. The van der Waals surface area contributed by atoms with Gasteiger partial charge >= 0.3 is 17.9 Å². The quantitative estimate of drug-likeness (QED) is 0.270. The first-order chi connectivity index (χ1) is 15.7. The van der Waals surface area contributed by atoms with Gasteiger partial charge in [-0.15, -0.1) is 0 Å². The van der Waals surface area contributed by atoms with Crippen LogP contribution in [-0.4, -0.2) is 67.9 Å². The molecule has 0 bridgehead atoms. The maximum atomic E-state index is 12.4. The molecule has 11 heteroatoms. The van der Waals surface area contributed by atoms with Crippen molar-refractivity contribution < 1.29 is 43.0 Å². The minimum atomic E-state index is -0.919. The Morgan fingerprint density at radius 2 is 1.42 bits per heavy atom. The van der Waals surface area contributed by atoms with Gasteiger partial charge in [0.2, 0.25) is 11.8 Å². The van der Waals surface area contributed by atoms with E-state index in [1.54, 1.807) is 0 Å². The molecular formula is C22H22N2O9. The number of amides is 3. The number of benzene rings is 1. The molecule has 3 rings (SSSR count). The highest BCUT2D eigenvalue weighted by atomic mass is 16.5. The molecular weight excluding hydrogens is 436 g/mol. The smallest absolute Gasteiger partial charge is 0.337 e. The van der Waals surface area contributed by atoms with E-state index in [2.05, 4.69) is 14.8 Å². The van der Waals surface area contributed by atoms with Gasteiger partial charge in [0.15, 0.2) is 6.61 Å². The van der Waals surface area contributed by atoms with Crippen LogP contribution in [0.4, 0.5) is 5.69 Å². The van der Waals surface area contributed by atoms with Crippen molar-refractivity contribution in [1.82, 2.24) is 4.90 Å². The number of nitrogens with zero attached hydrogens (tertiary/aromatic N) is 1.